The summed E-state index contributed by atoms with van der Waals surface area (Å²) < 4.78 is 5.11. The van der Waals surface area contributed by atoms with E-state index in [-0.39, 0.29) is 5.97 Å². The molecule has 0 saturated heterocycles. The standard InChI is InChI=1S/C23H19ClN2O2S/c1-3-28-23(27)15(2)29-22-20(14-25)19(16-7-5-4-6-8-16)13-21(26-22)17-9-11-18(24)12-10-17/h4-13,15H,3H2,1-2H3/t15-/m1/s1. The van der Waals surface area contributed by atoms with E-state index in [9.17, 15) is 10.1 Å². The van der Waals surface area contributed by atoms with Gasteiger partial charge in [0.1, 0.15) is 16.3 Å². The van der Waals surface area contributed by atoms with Gasteiger partial charge in [-0.2, -0.15) is 5.26 Å². The topological polar surface area (TPSA) is 63.0 Å². The lowest BCUT2D eigenvalue weighted by Gasteiger charge is -2.15. The number of hydrogen-bond acceptors (Lipinski definition) is 5. The first-order chi connectivity index (χ1) is 14.0. The number of rotatable bonds is 6. The van der Waals surface area contributed by atoms with Gasteiger partial charge in [-0.3, -0.25) is 4.79 Å². The van der Waals surface area contributed by atoms with Crippen LogP contribution < -0.4 is 0 Å². The second kappa shape index (κ2) is 9.60. The molecule has 0 bridgehead atoms. The zero-order valence-corrected chi connectivity index (χ0v) is 17.6. The van der Waals surface area contributed by atoms with Gasteiger partial charge in [-0.15, -0.1) is 0 Å². The van der Waals surface area contributed by atoms with E-state index in [4.69, 9.17) is 21.3 Å². The van der Waals surface area contributed by atoms with Gasteiger partial charge >= 0.3 is 5.97 Å². The van der Waals surface area contributed by atoms with E-state index in [1.165, 1.54) is 11.8 Å². The Bertz CT molecular complexity index is 1050. The first-order valence-corrected chi connectivity index (χ1v) is 10.4. The molecule has 0 saturated carbocycles. The lowest BCUT2D eigenvalue weighted by Crippen LogP contribution is -2.17. The predicted molar refractivity (Wildman–Crippen MR) is 117 cm³/mol. The lowest BCUT2D eigenvalue weighted by molar-refractivity contribution is -0.142. The molecule has 0 spiro atoms. The molecule has 146 valence electrons. The minimum Gasteiger partial charge on any atom is -0.465 e. The van der Waals surface area contributed by atoms with Crippen molar-refractivity contribution in [3.05, 3.63) is 71.2 Å². The maximum atomic E-state index is 12.1. The summed E-state index contributed by atoms with van der Waals surface area (Å²) >= 11 is 7.25. The average molecular weight is 423 g/mol. The van der Waals surface area contributed by atoms with E-state index in [0.29, 0.717) is 27.9 Å². The molecule has 3 rings (SSSR count). The van der Waals surface area contributed by atoms with E-state index >= 15 is 0 Å². The number of nitriles is 1. The highest BCUT2D eigenvalue weighted by Crippen LogP contribution is 2.36. The molecular weight excluding hydrogens is 404 g/mol. The normalized spacial score (nSPS) is 11.5. The van der Waals surface area contributed by atoms with Crippen molar-refractivity contribution in [2.75, 3.05) is 6.61 Å². The van der Waals surface area contributed by atoms with E-state index < -0.39 is 5.25 Å². The van der Waals surface area contributed by atoms with Crippen molar-refractivity contribution >= 4 is 29.3 Å². The Hall–Kier alpha value is -2.81. The predicted octanol–water partition coefficient (Wildman–Crippen LogP) is 5.98. The minimum absolute atomic E-state index is 0.308. The highest BCUT2D eigenvalue weighted by molar-refractivity contribution is 8.00. The second-order valence-corrected chi connectivity index (χ2v) is 8.00. The average Bonchev–Trinajstić information content (AvgIpc) is 2.74. The summed E-state index contributed by atoms with van der Waals surface area (Å²) in [4.78, 5) is 16.8. The molecular formula is C23H19ClN2O2S. The monoisotopic (exact) mass is 422 g/mol. The van der Waals surface area contributed by atoms with E-state index in [1.807, 2.05) is 48.5 Å². The number of ether oxygens (including phenoxy) is 1. The number of carbonyl (C=O) groups excluding carboxylic acids is 1. The van der Waals surface area contributed by atoms with Crippen molar-refractivity contribution in [3.8, 4) is 28.5 Å². The van der Waals surface area contributed by atoms with Crippen molar-refractivity contribution in [2.45, 2.75) is 24.1 Å². The van der Waals surface area contributed by atoms with Gasteiger partial charge in [0.2, 0.25) is 0 Å². The van der Waals surface area contributed by atoms with Crippen LogP contribution in [0.15, 0.2) is 65.7 Å². The molecule has 0 aliphatic heterocycles. The van der Waals surface area contributed by atoms with Crippen LogP contribution >= 0.6 is 23.4 Å². The summed E-state index contributed by atoms with van der Waals surface area (Å²) in [5.41, 5.74) is 3.70. The highest BCUT2D eigenvalue weighted by Gasteiger charge is 2.22. The van der Waals surface area contributed by atoms with Crippen LogP contribution in [0.5, 0.6) is 0 Å². The molecule has 2 aromatic carbocycles. The van der Waals surface area contributed by atoms with Gasteiger partial charge in [0.05, 0.1) is 17.9 Å². The zero-order valence-electron chi connectivity index (χ0n) is 16.1. The van der Waals surface area contributed by atoms with Gasteiger partial charge in [-0.25, -0.2) is 4.98 Å². The van der Waals surface area contributed by atoms with Gasteiger partial charge in [0.15, 0.2) is 0 Å². The molecule has 0 aliphatic carbocycles. The molecule has 1 aromatic heterocycles. The summed E-state index contributed by atoms with van der Waals surface area (Å²) in [5.74, 6) is -0.332. The number of carbonyl (C=O) groups is 1. The van der Waals surface area contributed by atoms with Crippen LogP contribution in [0.2, 0.25) is 5.02 Å². The van der Waals surface area contributed by atoms with Crippen LogP contribution in [0.3, 0.4) is 0 Å². The zero-order chi connectivity index (χ0) is 20.8. The number of aromatic nitrogens is 1. The molecule has 0 aliphatic rings. The smallest absolute Gasteiger partial charge is 0.319 e. The third-order valence-corrected chi connectivity index (χ3v) is 5.55. The SMILES string of the molecule is CCOC(=O)[C@@H](C)Sc1nc(-c2ccc(Cl)cc2)cc(-c2ccccc2)c1C#N. The maximum absolute atomic E-state index is 12.1. The Balaban J connectivity index is 2.15. The van der Waals surface area contributed by atoms with Gasteiger partial charge in [-0.1, -0.05) is 65.8 Å². The Morgan fingerprint density at radius 2 is 1.86 bits per heavy atom. The minimum atomic E-state index is -0.487. The van der Waals surface area contributed by atoms with Gasteiger partial charge < -0.3 is 4.74 Å². The quantitative estimate of drug-likeness (QED) is 0.361. The number of thioether (sulfide) groups is 1. The van der Waals surface area contributed by atoms with Crippen molar-refractivity contribution in [2.24, 2.45) is 0 Å². The Morgan fingerprint density at radius 3 is 2.48 bits per heavy atom. The number of pyridine rings is 1. The second-order valence-electron chi connectivity index (χ2n) is 6.23. The molecule has 3 aromatic rings. The fourth-order valence-corrected chi connectivity index (χ4v) is 3.85. The van der Waals surface area contributed by atoms with Crippen LogP contribution in [0, 0.1) is 11.3 Å². The molecule has 1 atom stereocenters. The number of esters is 1. The van der Waals surface area contributed by atoms with Crippen LogP contribution in [0.4, 0.5) is 0 Å². The number of nitrogens with zero attached hydrogens (tertiary/aromatic N) is 2. The van der Waals surface area contributed by atoms with Gasteiger partial charge in [-0.05, 0) is 37.6 Å². The van der Waals surface area contributed by atoms with Crippen LogP contribution in [0.1, 0.15) is 19.4 Å². The number of hydrogen-bond donors (Lipinski definition) is 0. The molecule has 0 N–H and O–H groups in total. The van der Waals surface area contributed by atoms with E-state index in [0.717, 1.165) is 16.7 Å². The summed E-state index contributed by atoms with van der Waals surface area (Å²) in [6.45, 7) is 3.83. The van der Waals surface area contributed by atoms with Crippen LogP contribution in [0.25, 0.3) is 22.4 Å². The Labute approximate surface area is 179 Å². The Morgan fingerprint density at radius 1 is 1.17 bits per heavy atom. The molecule has 4 nitrogen and oxygen atoms in total. The largest absolute Gasteiger partial charge is 0.465 e. The first kappa shape index (κ1) is 20.9. The van der Waals surface area contributed by atoms with Crippen molar-refractivity contribution in [1.29, 1.82) is 5.26 Å². The Kier molecular flexibility index (Phi) is 6.92. The molecule has 29 heavy (non-hydrogen) atoms. The molecule has 0 radical (unpaired) electrons. The van der Waals surface area contributed by atoms with Gasteiger partial charge in [0, 0.05) is 16.1 Å². The number of halogens is 1. The summed E-state index contributed by atoms with van der Waals surface area (Å²) in [6.07, 6.45) is 0. The fraction of sp³-hybridized carbons (Fsp3) is 0.174. The fourth-order valence-electron chi connectivity index (χ4n) is 2.80. The molecule has 6 heteroatoms. The number of benzene rings is 2. The molecule has 0 amide bonds. The summed E-state index contributed by atoms with van der Waals surface area (Å²) in [7, 11) is 0. The lowest BCUT2D eigenvalue weighted by atomic mass is 9.99. The molecule has 0 unspecified atom stereocenters. The van der Waals surface area contributed by atoms with Crippen molar-refractivity contribution < 1.29 is 9.53 Å². The summed E-state index contributed by atoms with van der Waals surface area (Å²) in [6, 6.07) is 21.2. The van der Waals surface area contributed by atoms with Crippen LogP contribution in [-0.2, 0) is 9.53 Å². The molecule has 1 heterocycles. The van der Waals surface area contributed by atoms with Crippen molar-refractivity contribution in [3.63, 3.8) is 0 Å². The summed E-state index contributed by atoms with van der Waals surface area (Å²) in [5, 5.41) is 10.5. The molecule has 0 fully saturated rings. The van der Waals surface area contributed by atoms with E-state index in [1.54, 1.807) is 26.0 Å². The van der Waals surface area contributed by atoms with Crippen LogP contribution in [-0.4, -0.2) is 22.8 Å². The highest BCUT2D eigenvalue weighted by atomic mass is 35.5. The van der Waals surface area contributed by atoms with E-state index in [2.05, 4.69) is 6.07 Å². The maximum Gasteiger partial charge on any atom is 0.319 e. The van der Waals surface area contributed by atoms with Crippen molar-refractivity contribution in [1.82, 2.24) is 4.98 Å². The first-order valence-electron chi connectivity index (χ1n) is 9.13. The van der Waals surface area contributed by atoms with Gasteiger partial charge in [0.25, 0.3) is 0 Å². The third kappa shape index (κ3) is 4.97. The third-order valence-electron chi connectivity index (χ3n) is 4.23.